The number of imidazole rings is 1. The van der Waals surface area contributed by atoms with Gasteiger partial charge in [-0.3, -0.25) is 0 Å². The van der Waals surface area contributed by atoms with Crippen molar-refractivity contribution in [1.82, 2.24) is 14.9 Å². The third kappa shape index (κ3) is 1.46. The Hall–Kier alpha value is -1.55. The van der Waals surface area contributed by atoms with Gasteiger partial charge >= 0.3 is 0 Å². The molecule has 0 aliphatic carbocycles. The fourth-order valence-electron chi connectivity index (χ4n) is 2.30. The highest BCUT2D eigenvalue weighted by Gasteiger charge is 2.18. The molecule has 4 nitrogen and oxygen atoms in total. The molecule has 16 heavy (non-hydrogen) atoms. The van der Waals surface area contributed by atoms with Crippen molar-refractivity contribution in [2.75, 3.05) is 20.2 Å². The van der Waals surface area contributed by atoms with Crippen LogP contribution < -0.4 is 10.1 Å². The molecule has 1 aromatic heterocycles. The number of nitrogens with zero attached hydrogens (tertiary/aromatic N) is 2. The second kappa shape index (κ2) is 3.79. The average molecular weight is 217 g/mol. The molecular weight excluding hydrogens is 202 g/mol. The highest BCUT2D eigenvalue weighted by Crippen LogP contribution is 2.25. The van der Waals surface area contributed by atoms with E-state index in [4.69, 9.17) is 4.74 Å². The SMILES string of the molecule is COc1ccc2ncn(C3CCNC3)c2c1. The summed E-state index contributed by atoms with van der Waals surface area (Å²) in [5.74, 6) is 0.889. The standard InChI is InChI=1S/C12H15N3O/c1-16-10-2-3-11-12(6-10)15(8-14-11)9-4-5-13-7-9/h2-3,6,8-9,13H,4-5,7H2,1H3. The van der Waals surface area contributed by atoms with E-state index in [2.05, 4.69) is 20.9 Å². The van der Waals surface area contributed by atoms with Gasteiger partial charge in [0.15, 0.2) is 0 Å². The first kappa shape index (κ1) is 9.66. The Balaban J connectivity index is 2.09. The maximum absolute atomic E-state index is 5.25. The van der Waals surface area contributed by atoms with E-state index in [1.165, 1.54) is 6.42 Å². The molecule has 0 saturated carbocycles. The van der Waals surface area contributed by atoms with Gasteiger partial charge < -0.3 is 14.6 Å². The first-order chi connectivity index (χ1) is 7.88. The molecular formula is C12H15N3O. The van der Waals surface area contributed by atoms with Gasteiger partial charge in [-0.25, -0.2) is 4.98 Å². The van der Waals surface area contributed by atoms with Crippen molar-refractivity contribution in [2.45, 2.75) is 12.5 Å². The lowest BCUT2D eigenvalue weighted by Crippen LogP contribution is -2.12. The van der Waals surface area contributed by atoms with Crippen LogP contribution in [0.3, 0.4) is 0 Å². The normalized spacial score (nSPS) is 20.4. The Morgan fingerprint density at radius 1 is 1.50 bits per heavy atom. The van der Waals surface area contributed by atoms with E-state index in [1.54, 1.807) is 7.11 Å². The van der Waals surface area contributed by atoms with Crippen molar-refractivity contribution in [1.29, 1.82) is 0 Å². The summed E-state index contributed by atoms with van der Waals surface area (Å²) in [7, 11) is 1.69. The summed E-state index contributed by atoms with van der Waals surface area (Å²) < 4.78 is 7.50. The summed E-state index contributed by atoms with van der Waals surface area (Å²) in [6.07, 6.45) is 3.10. The second-order valence-corrected chi connectivity index (χ2v) is 4.15. The highest BCUT2D eigenvalue weighted by atomic mass is 16.5. The number of hydrogen-bond acceptors (Lipinski definition) is 3. The predicted molar refractivity (Wildman–Crippen MR) is 62.8 cm³/mol. The van der Waals surface area contributed by atoms with Crippen molar-refractivity contribution >= 4 is 11.0 Å². The van der Waals surface area contributed by atoms with Gasteiger partial charge in [-0.05, 0) is 25.1 Å². The maximum atomic E-state index is 5.25. The number of fused-ring (bicyclic) bond motifs is 1. The monoisotopic (exact) mass is 217 g/mol. The molecule has 2 heterocycles. The van der Waals surface area contributed by atoms with Crippen molar-refractivity contribution < 1.29 is 4.74 Å². The Labute approximate surface area is 94.2 Å². The van der Waals surface area contributed by atoms with Gasteiger partial charge in [0.2, 0.25) is 0 Å². The number of methoxy groups -OCH3 is 1. The largest absolute Gasteiger partial charge is 0.497 e. The van der Waals surface area contributed by atoms with Crippen LogP contribution in [0.25, 0.3) is 11.0 Å². The lowest BCUT2D eigenvalue weighted by Gasteiger charge is -2.11. The zero-order valence-corrected chi connectivity index (χ0v) is 9.31. The van der Waals surface area contributed by atoms with Crippen molar-refractivity contribution in [2.24, 2.45) is 0 Å². The summed E-state index contributed by atoms with van der Waals surface area (Å²) >= 11 is 0. The molecule has 0 amide bonds. The third-order valence-electron chi connectivity index (χ3n) is 3.21. The Morgan fingerprint density at radius 3 is 3.19 bits per heavy atom. The lowest BCUT2D eigenvalue weighted by atomic mass is 10.2. The first-order valence-electron chi connectivity index (χ1n) is 5.60. The van der Waals surface area contributed by atoms with E-state index in [0.717, 1.165) is 29.9 Å². The van der Waals surface area contributed by atoms with Crippen molar-refractivity contribution in [3.63, 3.8) is 0 Å². The summed E-state index contributed by atoms with van der Waals surface area (Å²) in [6.45, 7) is 2.12. The summed E-state index contributed by atoms with van der Waals surface area (Å²) in [6, 6.07) is 6.54. The topological polar surface area (TPSA) is 39.1 Å². The minimum absolute atomic E-state index is 0.525. The molecule has 1 aromatic carbocycles. The average Bonchev–Trinajstić information content (AvgIpc) is 2.96. The molecule has 1 atom stereocenters. The van der Waals surface area contributed by atoms with Crippen LogP contribution in [-0.2, 0) is 0 Å². The smallest absolute Gasteiger partial charge is 0.121 e. The summed E-state index contributed by atoms with van der Waals surface area (Å²) in [4.78, 5) is 4.42. The van der Waals surface area contributed by atoms with Crippen LogP contribution in [0.4, 0.5) is 0 Å². The van der Waals surface area contributed by atoms with Gasteiger partial charge in [0.05, 0.1) is 24.5 Å². The summed E-state index contributed by atoms with van der Waals surface area (Å²) in [5, 5.41) is 3.37. The van der Waals surface area contributed by atoms with E-state index in [-0.39, 0.29) is 0 Å². The van der Waals surface area contributed by atoms with Gasteiger partial charge in [0, 0.05) is 18.7 Å². The van der Waals surface area contributed by atoms with Crippen LogP contribution in [0.2, 0.25) is 0 Å². The van der Waals surface area contributed by atoms with Crippen LogP contribution in [-0.4, -0.2) is 29.8 Å². The Bertz CT molecular complexity index is 500. The second-order valence-electron chi connectivity index (χ2n) is 4.15. The molecule has 3 rings (SSSR count). The molecule has 4 heteroatoms. The minimum Gasteiger partial charge on any atom is -0.497 e. The summed E-state index contributed by atoms with van der Waals surface area (Å²) in [5.41, 5.74) is 2.20. The molecule has 1 N–H and O–H groups in total. The number of aromatic nitrogens is 2. The van der Waals surface area contributed by atoms with Crippen LogP contribution in [0.15, 0.2) is 24.5 Å². The van der Waals surface area contributed by atoms with Gasteiger partial charge in [-0.1, -0.05) is 0 Å². The number of hydrogen-bond donors (Lipinski definition) is 1. The van der Waals surface area contributed by atoms with E-state index < -0.39 is 0 Å². The molecule has 1 aliphatic heterocycles. The van der Waals surface area contributed by atoms with Crippen LogP contribution >= 0.6 is 0 Å². The van der Waals surface area contributed by atoms with Gasteiger partial charge in [0.25, 0.3) is 0 Å². The van der Waals surface area contributed by atoms with Gasteiger partial charge in [0.1, 0.15) is 5.75 Å². The van der Waals surface area contributed by atoms with Gasteiger partial charge in [-0.2, -0.15) is 0 Å². The van der Waals surface area contributed by atoms with E-state index in [1.807, 2.05) is 18.5 Å². The molecule has 1 aliphatic rings. The quantitative estimate of drug-likeness (QED) is 0.830. The van der Waals surface area contributed by atoms with Crippen LogP contribution in [0, 0.1) is 0 Å². The molecule has 0 bridgehead atoms. The molecule has 0 spiro atoms. The third-order valence-corrected chi connectivity index (χ3v) is 3.21. The fraction of sp³-hybridized carbons (Fsp3) is 0.417. The zero-order valence-electron chi connectivity index (χ0n) is 9.31. The van der Waals surface area contributed by atoms with E-state index >= 15 is 0 Å². The molecule has 1 saturated heterocycles. The first-order valence-corrected chi connectivity index (χ1v) is 5.60. The maximum Gasteiger partial charge on any atom is 0.121 e. The van der Waals surface area contributed by atoms with Crippen LogP contribution in [0.1, 0.15) is 12.5 Å². The molecule has 2 aromatic rings. The van der Waals surface area contributed by atoms with Gasteiger partial charge in [-0.15, -0.1) is 0 Å². The molecule has 84 valence electrons. The number of rotatable bonds is 2. The minimum atomic E-state index is 0.525. The lowest BCUT2D eigenvalue weighted by molar-refractivity contribution is 0.415. The number of nitrogens with one attached hydrogen (secondary N) is 1. The van der Waals surface area contributed by atoms with Crippen LogP contribution in [0.5, 0.6) is 5.75 Å². The fourth-order valence-corrected chi connectivity index (χ4v) is 2.30. The van der Waals surface area contributed by atoms with E-state index in [0.29, 0.717) is 6.04 Å². The Kier molecular flexibility index (Phi) is 2.29. The number of ether oxygens (including phenoxy) is 1. The van der Waals surface area contributed by atoms with Crippen molar-refractivity contribution in [3.8, 4) is 5.75 Å². The van der Waals surface area contributed by atoms with E-state index in [9.17, 15) is 0 Å². The zero-order chi connectivity index (χ0) is 11.0. The molecule has 0 radical (unpaired) electrons. The number of benzene rings is 1. The molecule has 1 unspecified atom stereocenters. The highest BCUT2D eigenvalue weighted by molar-refractivity contribution is 5.77. The Morgan fingerprint density at radius 2 is 2.44 bits per heavy atom. The van der Waals surface area contributed by atoms with Crippen molar-refractivity contribution in [3.05, 3.63) is 24.5 Å². The predicted octanol–water partition coefficient (Wildman–Crippen LogP) is 1.58. The molecule has 1 fully saturated rings.